The number of benzene rings is 1. The van der Waals surface area contributed by atoms with Gasteiger partial charge in [-0.05, 0) is 43.4 Å². The van der Waals surface area contributed by atoms with Gasteiger partial charge in [-0.1, -0.05) is 26.0 Å². The highest BCUT2D eigenvalue weighted by Gasteiger charge is 2.18. The Morgan fingerprint density at radius 2 is 1.84 bits per heavy atom. The number of carbonyl (C=O) groups is 1. The van der Waals surface area contributed by atoms with Crippen molar-refractivity contribution in [3.8, 4) is 5.75 Å². The van der Waals surface area contributed by atoms with Gasteiger partial charge in [-0.2, -0.15) is 0 Å². The number of nitrogens with two attached hydrogens (primary N) is 1. The Morgan fingerprint density at radius 1 is 1.26 bits per heavy atom. The summed E-state index contributed by atoms with van der Waals surface area (Å²) >= 11 is 0. The van der Waals surface area contributed by atoms with E-state index >= 15 is 0 Å². The van der Waals surface area contributed by atoms with Crippen molar-refractivity contribution < 1.29 is 9.90 Å². The number of carbonyl (C=O) groups excluding carboxylic acids is 1. The second kappa shape index (κ2) is 7.14. The Labute approximate surface area is 115 Å². The number of amides is 1. The normalized spacial score (nSPS) is 14.2. The van der Waals surface area contributed by atoms with Crippen LogP contribution in [0.25, 0.3) is 0 Å². The van der Waals surface area contributed by atoms with Crippen molar-refractivity contribution in [2.45, 2.75) is 45.7 Å². The maximum absolute atomic E-state index is 11.8. The van der Waals surface area contributed by atoms with E-state index in [4.69, 9.17) is 5.73 Å². The van der Waals surface area contributed by atoms with E-state index in [0.29, 0.717) is 0 Å². The molecule has 0 aliphatic rings. The molecule has 2 unspecified atom stereocenters. The van der Waals surface area contributed by atoms with Crippen LogP contribution in [0, 0.1) is 5.92 Å². The monoisotopic (exact) mass is 264 g/mol. The number of aromatic hydroxyl groups is 1. The lowest BCUT2D eigenvalue weighted by Gasteiger charge is -2.19. The van der Waals surface area contributed by atoms with Crippen LogP contribution >= 0.6 is 0 Å². The zero-order valence-corrected chi connectivity index (χ0v) is 11.9. The minimum absolute atomic E-state index is 0.0890. The first kappa shape index (κ1) is 15.5. The second-order valence-corrected chi connectivity index (χ2v) is 5.38. The number of phenols is 1. The fraction of sp³-hybridized carbons (Fsp3) is 0.533. The number of hydrogen-bond acceptors (Lipinski definition) is 3. The number of hydrogen-bond donors (Lipinski definition) is 3. The predicted octanol–water partition coefficient (Wildman–Crippen LogP) is 1.81. The summed E-state index contributed by atoms with van der Waals surface area (Å²) in [6.07, 6.45) is 1.71. The summed E-state index contributed by atoms with van der Waals surface area (Å²) in [5.41, 5.74) is 6.94. The molecule has 0 radical (unpaired) electrons. The second-order valence-electron chi connectivity index (χ2n) is 5.38. The average molecular weight is 264 g/mol. The molecule has 4 heteroatoms. The Hall–Kier alpha value is -1.55. The van der Waals surface area contributed by atoms with E-state index < -0.39 is 6.04 Å². The van der Waals surface area contributed by atoms with Gasteiger partial charge < -0.3 is 16.2 Å². The first-order valence-corrected chi connectivity index (χ1v) is 6.74. The zero-order valence-electron chi connectivity index (χ0n) is 11.9. The minimum atomic E-state index is -0.448. The van der Waals surface area contributed by atoms with Crippen LogP contribution in [-0.2, 0) is 11.2 Å². The van der Waals surface area contributed by atoms with Gasteiger partial charge >= 0.3 is 0 Å². The van der Waals surface area contributed by atoms with Gasteiger partial charge in [0.05, 0.1) is 6.04 Å². The van der Waals surface area contributed by atoms with Crippen molar-refractivity contribution in [2.75, 3.05) is 0 Å². The minimum Gasteiger partial charge on any atom is -0.508 e. The van der Waals surface area contributed by atoms with Crippen LogP contribution in [0.15, 0.2) is 24.3 Å². The third kappa shape index (κ3) is 5.30. The molecule has 0 aromatic heterocycles. The quantitative estimate of drug-likeness (QED) is 0.733. The lowest BCUT2D eigenvalue weighted by atomic mass is 10.0. The molecule has 0 spiro atoms. The van der Waals surface area contributed by atoms with Gasteiger partial charge in [0.1, 0.15) is 5.75 Å². The molecule has 0 saturated carbocycles. The number of rotatable bonds is 6. The van der Waals surface area contributed by atoms with Crippen molar-refractivity contribution in [3.05, 3.63) is 29.8 Å². The van der Waals surface area contributed by atoms with Crippen molar-refractivity contribution in [1.29, 1.82) is 0 Å². The Balaban J connectivity index is 2.37. The summed E-state index contributed by atoms with van der Waals surface area (Å²) < 4.78 is 0. The maximum atomic E-state index is 11.8. The standard InChI is InChI=1S/C15H24N2O2/c1-10(2)14(16)15(19)17-11(3)4-5-12-6-8-13(18)9-7-12/h6-11,14,18H,4-5,16H2,1-3H3,(H,17,19). The highest BCUT2D eigenvalue weighted by Crippen LogP contribution is 2.12. The summed E-state index contributed by atoms with van der Waals surface area (Å²) in [5.74, 6) is 0.325. The molecule has 4 nitrogen and oxygen atoms in total. The molecular formula is C15H24N2O2. The molecule has 0 fully saturated rings. The molecule has 0 aliphatic carbocycles. The van der Waals surface area contributed by atoms with E-state index in [9.17, 15) is 9.90 Å². The Bertz CT molecular complexity index is 401. The molecular weight excluding hydrogens is 240 g/mol. The van der Waals surface area contributed by atoms with Crippen molar-refractivity contribution in [1.82, 2.24) is 5.32 Å². The largest absolute Gasteiger partial charge is 0.508 e. The average Bonchev–Trinajstić information content (AvgIpc) is 2.37. The molecule has 4 N–H and O–H groups in total. The molecule has 1 amide bonds. The summed E-state index contributed by atoms with van der Waals surface area (Å²) in [6, 6.07) is 6.77. The van der Waals surface area contributed by atoms with Crippen LogP contribution in [0.5, 0.6) is 5.75 Å². The predicted molar refractivity (Wildman–Crippen MR) is 76.8 cm³/mol. The third-order valence-electron chi connectivity index (χ3n) is 3.21. The zero-order chi connectivity index (χ0) is 14.4. The Kier molecular flexibility index (Phi) is 5.83. The van der Waals surface area contributed by atoms with E-state index in [0.717, 1.165) is 18.4 Å². The lowest BCUT2D eigenvalue weighted by Crippen LogP contribution is -2.47. The van der Waals surface area contributed by atoms with Crippen LogP contribution < -0.4 is 11.1 Å². The lowest BCUT2D eigenvalue weighted by molar-refractivity contribution is -0.123. The number of nitrogens with one attached hydrogen (secondary N) is 1. The van der Waals surface area contributed by atoms with E-state index in [1.54, 1.807) is 12.1 Å². The highest BCUT2D eigenvalue weighted by atomic mass is 16.3. The van der Waals surface area contributed by atoms with Crippen molar-refractivity contribution in [2.24, 2.45) is 11.7 Å². The first-order chi connectivity index (χ1) is 8.90. The van der Waals surface area contributed by atoms with E-state index in [2.05, 4.69) is 5.32 Å². The third-order valence-corrected chi connectivity index (χ3v) is 3.21. The van der Waals surface area contributed by atoms with E-state index in [1.165, 1.54) is 0 Å². The molecule has 2 atom stereocenters. The molecule has 1 rings (SSSR count). The van der Waals surface area contributed by atoms with Gasteiger partial charge in [-0.15, -0.1) is 0 Å². The van der Waals surface area contributed by atoms with E-state index in [1.807, 2.05) is 32.9 Å². The van der Waals surface area contributed by atoms with Crippen LogP contribution in [0.1, 0.15) is 32.8 Å². The van der Waals surface area contributed by atoms with Crippen LogP contribution in [-0.4, -0.2) is 23.1 Å². The highest BCUT2D eigenvalue weighted by molar-refractivity contribution is 5.81. The maximum Gasteiger partial charge on any atom is 0.237 e. The summed E-state index contributed by atoms with van der Waals surface area (Å²) in [6.45, 7) is 5.85. The van der Waals surface area contributed by atoms with Crippen molar-refractivity contribution in [3.63, 3.8) is 0 Å². The van der Waals surface area contributed by atoms with Crippen molar-refractivity contribution >= 4 is 5.91 Å². The molecule has 0 heterocycles. The van der Waals surface area contributed by atoms with Gasteiger partial charge in [0.25, 0.3) is 0 Å². The molecule has 1 aromatic carbocycles. The van der Waals surface area contributed by atoms with Crippen LogP contribution in [0.3, 0.4) is 0 Å². The number of phenolic OH excluding ortho intramolecular Hbond substituents is 1. The summed E-state index contributed by atoms with van der Waals surface area (Å²) in [5, 5.41) is 12.1. The molecule has 1 aromatic rings. The fourth-order valence-corrected chi connectivity index (χ4v) is 1.76. The summed E-state index contributed by atoms with van der Waals surface area (Å²) in [7, 11) is 0. The molecule has 0 aliphatic heterocycles. The van der Waals surface area contributed by atoms with Crippen LogP contribution in [0.2, 0.25) is 0 Å². The first-order valence-electron chi connectivity index (χ1n) is 6.74. The van der Waals surface area contributed by atoms with Gasteiger partial charge in [0.15, 0.2) is 0 Å². The van der Waals surface area contributed by atoms with Gasteiger partial charge in [-0.25, -0.2) is 0 Å². The smallest absolute Gasteiger partial charge is 0.237 e. The topological polar surface area (TPSA) is 75.3 Å². The van der Waals surface area contributed by atoms with Gasteiger partial charge in [-0.3, -0.25) is 4.79 Å². The number of aryl methyl sites for hydroxylation is 1. The fourth-order valence-electron chi connectivity index (χ4n) is 1.76. The van der Waals surface area contributed by atoms with Crippen LogP contribution in [0.4, 0.5) is 0 Å². The summed E-state index contributed by atoms with van der Waals surface area (Å²) in [4.78, 5) is 11.8. The molecule has 19 heavy (non-hydrogen) atoms. The van der Waals surface area contributed by atoms with Gasteiger partial charge in [0, 0.05) is 6.04 Å². The molecule has 0 saturated heterocycles. The Morgan fingerprint density at radius 3 is 2.37 bits per heavy atom. The molecule has 106 valence electrons. The SMILES string of the molecule is CC(CCc1ccc(O)cc1)NC(=O)C(N)C(C)C. The van der Waals surface area contributed by atoms with Gasteiger partial charge in [0.2, 0.25) is 5.91 Å². The van der Waals surface area contributed by atoms with E-state index in [-0.39, 0.29) is 23.6 Å². The molecule has 0 bridgehead atoms.